The van der Waals surface area contributed by atoms with E-state index in [0.29, 0.717) is 5.88 Å². The third kappa shape index (κ3) is 2.25. The molecule has 0 N–H and O–H groups in total. The maximum absolute atomic E-state index is 5.78. The Morgan fingerprint density at radius 3 is 1.67 bits per heavy atom. The van der Waals surface area contributed by atoms with Crippen molar-refractivity contribution >= 4 is 11.6 Å². The molecule has 0 aromatic heterocycles. The van der Waals surface area contributed by atoms with Crippen LogP contribution in [0.1, 0.15) is 30.5 Å². The first kappa shape index (κ1) is 9.60. The minimum Gasteiger partial charge on any atom is -0.122 e. The van der Waals surface area contributed by atoms with Gasteiger partial charge in [0, 0.05) is 5.88 Å². The highest BCUT2D eigenvalue weighted by Gasteiger charge is 1.97. The third-order valence-electron chi connectivity index (χ3n) is 2.08. The molecule has 66 valence electrons. The third-order valence-corrected chi connectivity index (χ3v) is 2.39. The summed E-state index contributed by atoms with van der Waals surface area (Å²) in [7, 11) is 0. The van der Waals surface area contributed by atoms with Gasteiger partial charge in [-0.2, -0.15) is 0 Å². The largest absolute Gasteiger partial charge is 0.122 e. The van der Waals surface area contributed by atoms with Crippen molar-refractivity contribution in [1.82, 2.24) is 0 Å². The van der Waals surface area contributed by atoms with Crippen LogP contribution in [0.2, 0.25) is 0 Å². The number of hydrogen-bond donors (Lipinski definition) is 0. The van der Waals surface area contributed by atoms with Crippen LogP contribution in [-0.2, 0) is 18.7 Å². The number of hydrogen-bond acceptors (Lipinski definition) is 0. The molecule has 0 saturated carbocycles. The normalized spacial score (nSPS) is 10.2. The lowest BCUT2D eigenvalue weighted by atomic mass is 10.0. The van der Waals surface area contributed by atoms with Gasteiger partial charge in [0.05, 0.1) is 0 Å². The van der Waals surface area contributed by atoms with Crippen LogP contribution in [0.25, 0.3) is 0 Å². The average molecular weight is 183 g/mol. The van der Waals surface area contributed by atoms with E-state index in [1.807, 2.05) is 0 Å². The predicted molar refractivity (Wildman–Crippen MR) is 54.8 cm³/mol. The number of aryl methyl sites for hydroxylation is 2. The van der Waals surface area contributed by atoms with Gasteiger partial charge in [-0.1, -0.05) is 32.0 Å². The summed E-state index contributed by atoms with van der Waals surface area (Å²) in [4.78, 5) is 0. The molecule has 1 aromatic rings. The maximum atomic E-state index is 5.78. The highest BCUT2D eigenvalue weighted by Crippen LogP contribution is 2.13. The van der Waals surface area contributed by atoms with Crippen molar-refractivity contribution in [2.45, 2.75) is 32.6 Å². The molecule has 0 heterocycles. The van der Waals surface area contributed by atoms with Crippen LogP contribution in [0.4, 0.5) is 0 Å². The molecule has 1 heteroatoms. The van der Waals surface area contributed by atoms with Crippen molar-refractivity contribution in [3.8, 4) is 0 Å². The lowest BCUT2D eigenvalue weighted by molar-refractivity contribution is 1.07. The summed E-state index contributed by atoms with van der Waals surface area (Å²) >= 11 is 5.78. The van der Waals surface area contributed by atoms with Crippen LogP contribution < -0.4 is 0 Å². The van der Waals surface area contributed by atoms with E-state index in [1.54, 1.807) is 0 Å². The molecule has 0 spiro atoms. The van der Waals surface area contributed by atoms with E-state index >= 15 is 0 Å². The van der Waals surface area contributed by atoms with Gasteiger partial charge in [0.1, 0.15) is 0 Å². The summed E-state index contributed by atoms with van der Waals surface area (Å²) in [5.74, 6) is 0.626. The van der Waals surface area contributed by atoms with Crippen molar-refractivity contribution < 1.29 is 0 Å². The van der Waals surface area contributed by atoms with Crippen molar-refractivity contribution in [2.24, 2.45) is 0 Å². The average Bonchev–Trinajstić information content (AvgIpc) is 2.16. The van der Waals surface area contributed by atoms with E-state index < -0.39 is 0 Å². The Balaban J connectivity index is 3.01. The SMILES string of the molecule is CCc1cc(CC)cc(CCl)c1. The molecule has 0 saturated heterocycles. The highest BCUT2D eigenvalue weighted by molar-refractivity contribution is 6.17. The minimum absolute atomic E-state index is 0.626. The molecule has 0 aliphatic heterocycles. The summed E-state index contributed by atoms with van der Waals surface area (Å²) in [5, 5.41) is 0. The molecule has 0 aliphatic carbocycles. The Bertz CT molecular complexity index is 198. The van der Waals surface area contributed by atoms with E-state index in [-0.39, 0.29) is 0 Å². The fourth-order valence-corrected chi connectivity index (χ4v) is 1.48. The van der Waals surface area contributed by atoms with Crippen LogP contribution in [-0.4, -0.2) is 0 Å². The number of halogens is 1. The molecule has 0 unspecified atom stereocenters. The molecular weight excluding hydrogens is 168 g/mol. The minimum atomic E-state index is 0.626. The van der Waals surface area contributed by atoms with Crippen LogP contribution in [0.15, 0.2) is 18.2 Å². The first-order chi connectivity index (χ1) is 5.80. The zero-order chi connectivity index (χ0) is 8.97. The Morgan fingerprint density at radius 1 is 0.917 bits per heavy atom. The Morgan fingerprint density at radius 2 is 1.33 bits per heavy atom. The van der Waals surface area contributed by atoms with Crippen LogP contribution in [0, 0.1) is 0 Å². The molecule has 0 fully saturated rings. The van der Waals surface area contributed by atoms with Crippen molar-refractivity contribution in [1.29, 1.82) is 0 Å². The summed E-state index contributed by atoms with van der Waals surface area (Å²) in [6.45, 7) is 4.35. The van der Waals surface area contributed by atoms with Gasteiger partial charge in [-0.05, 0) is 29.5 Å². The fourth-order valence-electron chi connectivity index (χ4n) is 1.32. The van der Waals surface area contributed by atoms with Gasteiger partial charge in [0.2, 0.25) is 0 Å². The highest BCUT2D eigenvalue weighted by atomic mass is 35.5. The van der Waals surface area contributed by atoms with Gasteiger partial charge >= 0.3 is 0 Å². The van der Waals surface area contributed by atoms with Gasteiger partial charge in [-0.3, -0.25) is 0 Å². The zero-order valence-electron chi connectivity index (χ0n) is 7.73. The molecule has 0 nitrogen and oxygen atoms in total. The summed E-state index contributed by atoms with van der Waals surface area (Å²) in [6.07, 6.45) is 2.19. The van der Waals surface area contributed by atoms with Crippen molar-refractivity contribution in [3.05, 3.63) is 34.9 Å². The van der Waals surface area contributed by atoms with Gasteiger partial charge in [-0.25, -0.2) is 0 Å². The number of alkyl halides is 1. The maximum Gasteiger partial charge on any atom is 0.0474 e. The lowest BCUT2D eigenvalue weighted by Gasteiger charge is -2.04. The van der Waals surface area contributed by atoms with Crippen molar-refractivity contribution in [3.63, 3.8) is 0 Å². The number of rotatable bonds is 3. The van der Waals surface area contributed by atoms with Gasteiger partial charge in [0.25, 0.3) is 0 Å². The first-order valence-electron chi connectivity index (χ1n) is 4.47. The quantitative estimate of drug-likeness (QED) is 0.628. The summed E-state index contributed by atoms with van der Waals surface area (Å²) in [5.41, 5.74) is 4.03. The molecular formula is C11H15Cl. The molecule has 0 aliphatic rings. The fraction of sp³-hybridized carbons (Fsp3) is 0.455. The molecule has 1 rings (SSSR count). The zero-order valence-corrected chi connectivity index (χ0v) is 8.49. The molecule has 0 atom stereocenters. The lowest BCUT2D eigenvalue weighted by Crippen LogP contribution is -1.89. The van der Waals surface area contributed by atoms with E-state index in [1.165, 1.54) is 16.7 Å². The second-order valence-electron chi connectivity index (χ2n) is 3.00. The Labute approximate surface area is 79.6 Å². The topological polar surface area (TPSA) is 0 Å². The van der Waals surface area contributed by atoms with E-state index in [2.05, 4.69) is 32.0 Å². The predicted octanol–water partition coefficient (Wildman–Crippen LogP) is 3.55. The second-order valence-corrected chi connectivity index (χ2v) is 3.27. The van der Waals surface area contributed by atoms with E-state index in [0.717, 1.165) is 12.8 Å². The van der Waals surface area contributed by atoms with Crippen LogP contribution in [0.3, 0.4) is 0 Å². The van der Waals surface area contributed by atoms with Gasteiger partial charge < -0.3 is 0 Å². The summed E-state index contributed by atoms with van der Waals surface area (Å²) in [6, 6.07) is 6.63. The number of benzene rings is 1. The molecule has 1 aromatic carbocycles. The first-order valence-corrected chi connectivity index (χ1v) is 5.01. The van der Waals surface area contributed by atoms with Crippen molar-refractivity contribution in [2.75, 3.05) is 0 Å². The van der Waals surface area contributed by atoms with Gasteiger partial charge in [0.15, 0.2) is 0 Å². The molecule has 0 bridgehead atoms. The van der Waals surface area contributed by atoms with E-state index in [4.69, 9.17) is 11.6 Å². The monoisotopic (exact) mass is 182 g/mol. The molecule has 12 heavy (non-hydrogen) atoms. The standard InChI is InChI=1S/C11H15Cl/c1-3-9-5-10(4-2)7-11(6-9)8-12/h5-7H,3-4,8H2,1-2H3. The molecule has 0 radical (unpaired) electrons. The van der Waals surface area contributed by atoms with Crippen LogP contribution >= 0.6 is 11.6 Å². The van der Waals surface area contributed by atoms with Crippen LogP contribution in [0.5, 0.6) is 0 Å². The van der Waals surface area contributed by atoms with E-state index in [9.17, 15) is 0 Å². The van der Waals surface area contributed by atoms with Gasteiger partial charge in [-0.15, -0.1) is 11.6 Å². The molecule has 0 amide bonds. The Kier molecular flexibility index (Phi) is 3.61. The second kappa shape index (κ2) is 4.51. The summed E-state index contributed by atoms with van der Waals surface area (Å²) < 4.78 is 0. The smallest absolute Gasteiger partial charge is 0.0474 e. The Hall–Kier alpha value is -0.490.